The molecular formula is C15H14ClN3. The molecule has 0 amide bonds. The third-order valence-corrected chi connectivity index (χ3v) is 3.68. The van der Waals surface area contributed by atoms with Crippen molar-refractivity contribution in [2.24, 2.45) is 10.7 Å². The Morgan fingerprint density at radius 2 is 1.79 bits per heavy atom. The largest absolute Gasteiger partial charge is 0.399 e. The molecule has 2 aromatic rings. The van der Waals surface area contributed by atoms with Gasteiger partial charge in [-0.2, -0.15) is 0 Å². The summed E-state index contributed by atoms with van der Waals surface area (Å²) in [6.07, 6.45) is 0. The van der Waals surface area contributed by atoms with Gasteiger partial charge in [0.15, 0.2) is 0 Å². The molecule has 0 aliphatic carbocycles. The van der Waals surface area contributed by atoms with E-state index in [1.54, 1.807) is 0 Å². The zero-order valence-electron chi connectivity index (χ0n) is 10.3. The number of benzene rings is 2. The van der Waals surface area contributed by atoms with Crippen LogP contribution in [0, 0.1) is 0 Å². The number of hydrogen-bond acceptors (Lipinski definition) is 3. The topological polar surface area (TPSA) is 64.4 Å². The van der Waals surface area contributed by atoms with Crippen LogP contribution in [0.5, 0.6) is 0 Å². The lowest BCUT2D eigenvalue weighted by Gasteiger charge is -2.24. The van der Waals surface area contributed by atoms with E-state index < -0.39 is 0 Å². The highest BCUT2D eigenvalue weighted by Gasteiger charge is 2.23. The second-order valence-electron chi connectivity index (χ2n) is 4.68. The van der Waals surface area contributed by atoms with Crippen LogP contribution in [-0.2, 0) is 0 Å². The first-order valence-electron chi connectivity index (χ1n) is 6.10. The van der Waals surface area contributed by atoms with Crippen LogP contribution in [0.3, 0.4) is 0 Å². The number of hydrogen-bond donors (Lipinski definition) is 2. The summed E-state index contributed by atoms with van der Waals surface area (Å²) >= 11 is 6.10. The second-order valence-corrected chi connectivity index (χ2v) is 5.11. The van der Waals surface area contributed by atoms with Gasteiger partial charge in [-0.25, -0.2) is 0 Å². The van der Waals surface area contributed by atoms with Crippen LogP contribution in [-0.4, -0.2) is 12.4 Å². The quantitative estimate of drug-likeness (QED) is 0.784. The third kappa shape index (κ3) is 2.17. The van der Waals surface area contributed by atoms with Crippen molar-refractivity contribution in [2.45, 2.75) is 5.92 Å². The van der Waals surface area contributed by atoms with Crippen molar-refractivity contribution in [1.82, 2.24) is 0 Å². The highest BCUT2D eigenvalue weighted by Crippen LogP contribution is 2.33. The van der Waals surface area contributed by atoms with Crippen LogP contribution in [0.15, 0.2) is 47.5 Å². The normalized spacial score (nSPS) is 17.7. The Hall–Kier alpha value is -2.00. The summed E-state index contributed by atoms with van der Waals surface area (Å²) in [4.78, 5) is 4.40. The predicted molar refractivity (Wildman–Crippen MR) is 79.7 cm³/mol. The molecule has 0 saturated carbocycles. The maximum absolute atomic E-state index is 6.10. The second kappa shape index (κ2) is 4.59. The maximum Gasteiger partial charge on any atom is 0.125 e. The summed E-state index contributed by atoms with van der Waals surface area (Å²) in [6, 6.07) is 13.6. The maximum atomic E-state index is 6.10. The molecule has 3 rings (SSSR count). The zero-order valence-corrected chi connectivity index (χ0v) is 11.1. The van der Waals surface area contributed by atoms with Gasteiger partial charge in [-0.3, -0.25) is 4.99 Å². The summed E-state index contributed by atoms with van der Waals surface area (Å²) < 4.78 is 0. The number of nitrogen functional groups attached to an aromatic ring is 1. The van der Waals surface area contributed by atoms with Gasteiger partial charge in [-0.1, -0.05) is 23.7 Å². The van der Waals surface area contributed by atoms with Gasteiger partial charge in [-0.15, -0.1) is 0 Å². The van der Waals surface area contributed by atoms with E-state index in [1.807, 2.05) is 42.5 Å². The molecule has 0 unspecified atom stereocenters. The lowest BCUT2D eigenvalue weighted by atomic mass is 9.86. The van der Waals surface area contributed by atoms with Crippen molar-refractivity contribution in [3.8, 4) is 0 Å². The molecule has 2 aromatic carbocycles. The third-order valence-electron chi connectivity index (χ3n) is 3.45. The molecule has 1 aliphatic rings. The number of anilines is 1. The van der Waals surface area contributed by atoms with Crippen LogP contribution in [0.25, 0.3) is 0 Å². The molecule has 19 heavy (non-hydrogen) atoms. The summed E-state index contributed by atoms with van der Waals surface area (Å²) in [5.41, 5.74) is 15.7. The number of fused-ring (bicyclic) bond motifs is 1. The molecule has 0 aromatic heterocycles. The first-order chi connectivity index (χ1) is 9.15. The Morgan fingerprint density at radius 3 is 2.53 bits per heavy atom. The molecule has 96 valence electrons. The molecule has 1 aliphatic heterocycles. The van der Waals surface area contributed by atoms with Crippen molar-refractivity contribution in [1.29, 1.82) is 0 Å². The van der Waals surface area contributed by atoms with Crippen molar-refractivity contribution >= 4 is 23.1 Å². The van der Waals surface area contributed by atoms with E-state index in [2.05, 4.69) is 4.99 Å². The number of amidine groups is 1. The van der Waals surface area contributed by atoms with Gasteiger partial charge in [0.2, 0.25) is 0 Å². The lowest BCUT2D eigenvalue weighted by molar-refractivity contribution is 0.802. The van der Waals surface area contributed by atoms with E-state index in [4.69, 9.17) is 23.1 Å². The van der Waals surface area contributed by atoms with Gasteiger partial charge in [0.1, 0.15) is 5.84 Å². The van der Waals surface area contributed by atoms with Gasteiger partial charge in [0.05, 0.1) is 6.54 Å². The van der Waals surface area contributed by atoms with Crippen molar-refractivity contribution < 1.29 is 0 Å². The average Bonchev–Trinajstić information content (AvgIpc) is 2.40. The standard InChI is InChI=1S/C15H14ClN3/c16-10-3-6-12-13(7-10)14(8-19-15(12)18)9-1-4-11(17)5-2-9/h1-7,14H,8,17H2,(H2,18,19)/t14-/m0/s1. The summed E-state index contributed by atoms with van der Waals surface area (Å²) in [5, 5.41) is 0.717. The first-order valence-corrected chi connectivity index (χ1v) is 6.48. The van der Waals surface area contributed by atoms with Crippen molar-refractivity contribution in [2.75, 3.05) is 12.3 Å². The van der Waals surface area contributed by atoms with Crippen LogP contribution < -0.4 is 11.5 Å². The highest BCUT2D eigenvalue weighted by atomic mass is 35.5. The van der Waals surface area contributed by atoms with Gasteiger partial charge in [0.25, 0.3) is 0 Å². The van der Waals surface area contributed by atoms with Gasteiger partial charge in [-0.05, 0) is 41.5 Å². The van der Waals surface area contributed by atoms with E-state index in [0.29, 0.717) is 17.4 Å². The van der Waals surface area contributed by atoms with E-state index in [1.165, 1.54) is 5.56 Å². The fraction of sp³-hybridized carbons (Fsp3) is 0.133. The molecule has 1 atom stereocenters. The van der Waals surface area contributed by atoms with E-state index >= 15 is 0 Å². The van der Waals surface area contributed by atoms with Crippen molar-refractivity contribution in [3.05, 3.63) is 64.2 Å². The van der Waals surface area contributed by atoms with Crippen LogP contribution in [0.2, 0.25) is 5.02 Å². The first kappa shape index (κ1) is 12.1. The number of halogens is 1. The minimum Gasteiger partial charge on any atom is -0.399 e. The Morgan fingerprint density at radius 1 is 1.05 bits per heavy atom. The highest BCUT2D eigenvalue weighted by molar-refractivity contribution is 6.30. The molecule has 0 fully saturated rings. The number of rotatable bonds is 1. The predicted octanol–water partition coefficient (Wildman–Crippen LogP) is 2.77. The van der Waals surface area contributed by atoms with Crippen LogP contribution in [0.1, 0.15) is 22.6 Å². The minimum atomic E-state index is 0.182. The van der Waals surface area contributed by atoms with E-state index in [-0.39, 0.29) is 5.92 Å². The van der Waals surface area contributed by atoms with Gasteiger partial charge in [0, 0.05) is 22.2 Å². The fourth-order valence-electron chi connectivity index (χ4n) is 2.44. The Balaban J connectivity index is 2.11. The number of aliphatic imine (C=N–C) groups is 1. The minimum absolute atomic E-state index is 0.182. The van der Waals surface area contributed by atoms with Crippen LogP contribution >= 0.6 is 11.6 Å². The summed E-state index contributed by atoms with van der Waals surface area (Å²) in [7, 11) is 0. The Kier molecular flexibility index (Phi) is 2.91. The monoisotopic (exact) mass is 271 g/mol. The fourth-order valence-corrected chi connectivity index (χ4v) is 2.62. The molecular weight excluding hydrogens is 258 g/mol. The molecule has 0 saturated heterocycles. The Labute approximate surface area is 116 Å². The van der Waals surface area contributed by atoms with Crippen molar-refractivity contribution in [3.63, 3.8) is 0 Å². The average molecular weight is 272 g/mol. The molecule has 4 heteroatoms. The van der Waals surface area contributed by atoms with E-state index in [0.717, 1.165) is 16.8 Å². The number of nitrogens with zero attached hydrogens (tertiary/aromatic N) is 1. The lowest BCUT2D eigenvalue weighted by Crippen LogP contribution is -2.24. The molecule has 4 N–H and O–H groups in total. The molecule has 0 bridgehead atoms. The molecule has 0 radical (unpaired) electrons. The summed E-state index contributed by atoms with van der Waals surface area (Å²) in [6.45, 7) is 0.642. The number of nitrogens with two attached hydrogens (primary N) is 2. The smallest absolute Gasteiger partial charge is 0.125 e. The van der Waals surface area contributed by atoms with Crippen LogP contribution in [0.4, 0.5) is 5.69 Å². The molecule has 0 spiro atoms. The zero-order chi connectivity index (χ0) is 13.4. The SMILES string of the molecule is NC1=NC[C@@H](c2ccc(N)cc2)c2cc(Cl)ccc21. The van der Waals surface area contributed by atoms with Gasteiger partial charge < -0.3 is 11.5 Å². The van der Waals surface area contributed by atoms with Gasteiger partial charge >= 0.3 is 0 Å². The van der Waals surface area contributed by atoms with E-state index in [9.17, 15) is 0 Å². The summed E-state index contributed by atoms with van der Waals surface area (Å²) in [5.74, 6) is 0.764. The molecule has 1 heterocycles. The Bertz CT molecular complexity index is 647. The molecule has 3 nitrogen and oxygen atoms in total.